The lowest BCUT2D eigenvalue weighted by Gasteiger charge is -2.25. The van der Waals surface area contributed by atoms with Crippen molar-refractivity contribution in [2.45, 2.75) is 70.6 Å². The molecule has 3 atom stereocenters. The second-order valence-corrected chi connectivity index (χ2v) is 8.01. The van der Waals surface area contributed by atoms with Gasteiger partial charge < -0.3 is 15.4 Å². The zero-order valence-corrected chi connectivity index (χ0v) is 16.0. The van der Waals surface area contributed by atoms with Gasteiger partial charge in [0.1, 0.15) is 11.6 Å². The summed E-state index contributed by atoms with van der Waals surface area (Å²) < 4.78 is 5.19. The minimum atomic E-state index is -0.652. The maximum atomic E-state index is 12.4. The molecule has 25 heavy (non-hydrogen) atoms. The fourth-order valence-corrected chi connectivity index (χ4v) is 3.23. The molecule has 138 valence electrons. The number of ether oxygens (including phenoxy) is 1. The molecule has 0 heterocycles. The van der Waals surface area contributed by atoms with Crippen molar-refractivity contribution in [3.63, 3.8) is 0 Å². The molecule has 3 unspecified atom stereocenters. The van der Waals surface area contributed by atoms with Crippen LogP contribution in [0, 0.1) is 0 Å². The zero-order chi connectivity index (χ0) is 18.6. The Bertz CT molecular complexity index is 610. The lowest BCUT2D eigenvalue weighted by atomic mass is 9.94. The van der Waals surface area contributed by atoms with Crippen molar-refractivity contribution in [3.8, 4) is 0 Å². The predicted molar refractivity (Wildman–Crippen MR) is 98.8 cm³/mol. The van der Waals surface area contributed by atoms with Crippen LogP contribution in [0.2, 0.25) is 5.02 Å². The highest BCUT2D eigenvalue weighted by Crippen LogP contribution is 2.35. The van der Waals surface area contributed by atoms with Crippen LogP contribution in [-0.4, -0.2) is 29.7 Å². The molecule has 0 aromatic heterocycles. The predicted octanol–water partition coefficient (Wildman–Crippen LogP) is 4.01. The number of nitrogens with one attached hydrogen (secondary N) is 2. The van der Waals surface area contributed by atoms with E-state index in [1.165, 1.54) is 5.56 Å². The average Bonchev–Trinajstić information content (AvgIpc) is 2.94. The summed E-state index contributed by atoms with van der Waals surface area (Å²) in [6, 6.07) is 7.19. The molecule has 0 bridgehead atoms. The van der Waals surface area contributed by atoms with Crippen LogP contribution in [0.1, 0.15) is 58.4 Å². The normalized spacial score (nSPS) is 21.5. The first-order chi connectivity index (χ1) is 11.7. The summed E-state index contributed by atoms with van der Waals surface area (Å²) in [6.45, 7) is 7.01. The fraction of sp³-hybridized carbons (Fsp3) is 0.579. The van der Waals surface area contributed by atoms with Gasteiger partial charge in [-0.15, -0.1) is 0 Å². The highest BCUT2D eigenvalue weighted by atomic mass is 35.5. The first-order valence-electron chi connectivity index (χ1n) is 8.71. The Kier molecular flexibility index (Phi) is 6.33. The quantitative estimate of drug-likeness (QED) is 0.846. The van der Waals surface area contributed by atoms with Gasteiger partial charge in [-0.1, -0.05) is 30.2 Å². The van der Waals surface area contributed by atoms with E-state index >= 15 is 0 Å². The molecule has 0 radical (unpaired) electrons. The van der Waals surface area contributed by atoms with Gasteiger partial charge >= 0.3 is 6.09 Å². The largest absolute Gasteiger partial charge is 0.444 e. The molecule has 1 aromatic carbocycles. The van der Waals surface area contributed by atoms with Crippen molar-refractivity contribution < 1.29 is 14.3 Å². The van der Waals surface area contributed by atoms with E-state index in [2.05, 4.69) is 10.6 Å². The van der Waals surface area contributed by atoms with E-state index in [-0.39, 0.29) is 17.9 Å². The number of hydrogen-bond donors (Lipinski definition) is 2. The van der Waals surface area contributed by atoms with E-state index in [0.29, 0.717) is 5.02 Å². The maximum Gasteiger partial charge on any atom is 0.408 e. The summed E-state index contributed by atoms with van der Waals surface area (Å²) in [7, 11) is 0. The Morgan fingerprint density at radius 1 is 1.20 bits per heavy atom. The summed E-state index contributed by atoms with van der Waals surface area (Å²) in [4.78, 5) is 24.2. The van der Waals surface area contributed by atoms with Crippen LogP contribution in [0.25, 0.3) is 0 Å². The molecule has 2 amide bonds. The highest BCUT2D eigenvalue weighted by Gasteiger charge is 2.31. The van der Waals surface area contributed by atoms with Crippen molar-refractivity contribution in [2.75, 3.05) is 0 Å². The van der Waals surface area contributed by atoms with Gasteiger partial charge in [0.2, 0.25) is 5.91 Å². The number of rotatable bonds is 4. The van der Waals surface area contributed by atoms with Crippen LogP contribution in [-0.2, 0) is 9.53 Å². The summed E-state index contributed by atoms with van der Waals surface area (Å²) in [5.41, 5.74) is 0.589. The third-order valence-electron chi connectivity index (χ3n) is 4.27. The van der Waals surface area contributed by atoms with E-state index < -0.39 is 17.7 Å². The first kappa shape index (κ1) is 19.6. The Balaban J connectivity index is 1.92. The molecule has 0 spiro atoms. The van der Waals surface area contributed by atoms with Crippen LogP contribution in [0.3, 0.4) is 0 Å². The number of benzene rings is 1. The van der Waals surface area contributed by atoms with Gasteiger partial charge in [-0.05, 0) is 58.2 Å². The smallest absolute Gasteiger partial charge is 0.408 e. The standard InChI is InChI=1S/C19H27ClN2O3/c1-12(21-18(24)25-19(2,3)4)17(23)22-16-7-5-6-15(16)13-8-10-14(20)11-9-13/h8-12,15-16H,5-7H2,1-4H3,(H,21,24)(H,22,23). The van der Waals surface area contributed by atoms with Gasteiger partial charge in [0, 0.05) is 17.0 Å². The first-order valence-corrected chi connectivity index (χ1v) is 9.09. The Morgan fingerprint density at radius 3 is 2.44 bits per heavy atom. The minimum absolute atomic E-state index is 0.0663. The van der Waals surface area contributed by atoms with E-state index in [1.54, 1.807) is 27.7 Å². The summed E-state index contributed by atoms with van der Waals surface area (Å²) in [6.07, 6.45) is 2.43. The molecule has 1 fully saturated rings. The van der Waals surface area contributed by atoms with E-state index in [0.717, 1.165) is 19.3 Å². The molecule has 5 nitrogen and oxygen atoms in total. The molecule has 2 rings (SSSR count). The van der Waals surface area contributed by atoms with E-state index in [4.69, 9.17) is 16.3 Å². The van der Waals surface area contributed by atoms with Crippen molar-refractivity contribution in [1.29, 1.82) is 0 Å². The maximum absolute atomic E-state index is 12.4. The molecule has 6 heteroatoms. The molecular weight excluding hydrogens is 340 g/mol. The van der Waals surface area contributed by atoms with Crippen LogP contribution < -0.4 is 10.6 Å². The van der Waals surface area contributed by atoms with Gasteiger partial charge in [0.05, 0.1) is 0 Å². The number of hydrogen-bond acceptors (Lipinski definition) is 3. The minimum Gasteiger partial charge on any atom is -0.444 e. The van der Waals surface area contributed by atoms with Gasteiger partial charge in [0.25, 0.3) is 0 Å². The van der Waals surface area contributed by atoms with E-state index in [1.807, 2.05) is 24.3 Å². The van der Waals surface area contributed by atoms with Crippen molar-refractivity contribution in [3.05, 3.63) is 34.9 Å². The number of carbonyl (C=O) groups is 2. The lowest BCUT2D eigenvalue weighted by molar-refractivity contribution is -0.123. The van der Waals surface area contributed by atoms with Crippen LogP contribution in [0.5, 0.6) is 0 Å². The molecule has 1 aromatic rings. The number of halogens is 1. The lowest BCUT2D eigenvalue weighted by Crippen LogP contribution is -2.49. The molecule has 1 aliphatic carbocycles. The molecule has 1 aliphatic rings. The third-order valence-corrected chi connectivity index (χ3v) is 4.52. The Morgan fingerprint density at radius 2 is 1.84 bits per heavy atom. The highest BCUT2D eigenvalue weighted by molar-refractivity contribution is 6.30. The number of amides is 2. The second-order valence-electron chi connectivity index (χ2n) is 7.57. The molecule has 1 saturated carbocycles. The van der Waals surface area contributed by atoms with Gasteiger partial charge in [-0.3, -0.25) is 4.79 Å². The van der Waals surface area contributed by atoms with Crippen LogP contribution in [0.4, 0.5) is 4.79 Å². The van der Waals surface area contributed by atoms with Crippen molar-refractivity contribution >= 4 is 23.6 Å². The molecule has 2 N–H and O–H groups in total. The van der Waals surface area contributed by atoms with E-state index in [9.17, 15) is 9.59 Å². The topological polar surface area (TPSA) is 67.4 Å². The summed E-state index contributed by atoms with van der Waals surface area (Å²) in [5, 5.41) is 6.36. The number of alkyl carbamates (subject to hydrolysis) is 1. The molecule has 0 saturated heterocycles. The van der Waals surface area contributed by atoms with Crippen molar-refractivity contribution in [1.82, 2.24) is 10.6 Å². The third kappa shape index (κ3) is 5.92. The average molecular weight is 367 g/mol. The van der Waals surface area contributed by atoms with Gasteiger partial charge in [-0.2, -0.15) is 0 Å². The second kappa shape index (κ2) is 8.09. The Hall–Kier alpha value is -1.75. The van der Waals surface area contributed by atoms with Gasteiger partial charge in [0.15, 0.2) is 0 Å². The zero-order valence-electron chi connectivity index (χ0n) is 15.3. The Labute approximate surface area is 154 Å². The van der Waals surface area contributed by atoms with Crippen molar-refractivity contribution in [2.24, 2.45) is 0 Å². The van der Waals surface area contributed by atoms with Crippen LogP contribution >= 0.6 is 11.6 Å². The van der Waals surface area contributed by atoms with Crippen LogP contribution in [0.15, 0.2) is 24.3 Å². The fourth-order valence-electron chi connectivity index (χ4n) is 3.10. The summed E-state index contributed by atoms with van der Waals surface area (Å²) >= 11 is 5.95. The number of carbonyl (C=O) groups excluding carboxylic acids is 2. The van der Waals surface area contributed by atoms with Gasteiger partial charge in [-0.25, -0.2) is 4.79 Å². The molecule has 0 aliphatic heterocycles. The summed E-state index contributed by atoms with van der Waals surface area (Å²) in [5.74, 6) is 0.0756. The SMILES string of the molecule is CC(NC(=O)OC(C)(C)C)C(=O)NC1CCCC1c1ccc(Cl)cc1. The monoisotopic (exact) mass is 366 g/mol. The molecular formula is C19H27ClN2O3.